The minimum Gasteiger partial charge on any atom is -0.493 e. The lowest BCUT2D eigenvalue weighted by molar-refractivity contribution is -0.287. The lowest BCUT2D eigenvalue weighted by atomic mass is 9.77. The molecule has 1 aliphatic rings. The number of aryl methyl sites for hydroxylation is 1. The molecule has 3 atom stereocenters. The Morgan fingerprint density at radius 3 is 2.23 bits per heavy atom. The van der Waals surface area contributed by atoms with E-state index in [9.17, 15) is 27.9 Å². The van der Waals surface area contributed by atoms with Crippen LogP contribution in [0.3, 0.4) is 0 Å². The Hall–Kier alpha value is -3.27. The maximum absolute atomic E-state index is 14.0. The van der Waals surface area contributed by atoms with E-state index in [1.165, 1.54) is 49.9 Å². The van der Waals surface area contributed by atoms with Crippen molar-refractivity contribution in [3.63, 3.8) is 0 Å². The predicted molar refractivity (Wildman–Crippen MR) is 104 cm³/mol. The van der Waals surface area contributed by atoms with Gasteiger partial charge in [0.05, 0.1) is 20.3 Å². The third kappa shape index (κ3) is 4.02. The second-order valence-electron chi connectivity index (χ2n) is 7.16. The van der Waals surface area contributed by atoms with E-state index in [0.29, 0.717) is 5.75 Å². The normalized spacial score (nSPS) is 23.5. The Bertz CT molecular complexity index is 993. The van der Waals surface area contributed by atoms with Crippen molar-refractivity contribution < 1.29 is 37.3 Å². The summed E-state index contributed by atoms with van der Waals surface area (Å²) in [4.78, 5) is 25.3. The summed E-state index contributed by atoms with van der Waals surface area (Å²) in [5.74, 6) is -2.62. The maximum Gasteiger partial charge on any atom is 0.437 e. The minimum atomic E-state index is -5.33. The minimum absolute atomic E-state index is 0.0401. The summed E-state index contributed by atoms with van der Waals surface area (Å²) in [7, 11) is 2.72. The average molecular weight is 438 g/mol. The first kappa shape index (κ1) is 22.4. The van der Waals surface area contributed by atoms with Gasteiger partial charge in [0.2, 0.25) is 5.72 Å². The Morgan fingerprint density at radius 1 is 1.06 bits per heavy atom. The number of carbonyl (C=O) groups excluding carboxylic acids is 2. The largest absolute Gasteiger partial charge is 0.493 e. The van der Waals surface area contributed by atoms with Gasteiger partial charge in [-0.05, 0) is 24.6 Å². The molecule has 10 heteroatoms. The zero-order valence-corrected chi connectivity index (χ0v) is 16.9. The van der Waals surface area contributed by atoms with Crippen LogP contribution in [-0.4, -0.2) is 43.0 Å². The molecule has 1 aliphatic heterocycles. The van der Waals surface area contributed by atoms with Gasteiger partial charge in [0.1, 0.15) is 5.92 Å². The van der Waals surface area contributed by atoms with Gasteiger partial charge in [0.25, 0.3) is 0 Å². The molecule has 0 radical (unpaired) electrons. The fourth-order valence-electron chi connectivity index (χ4n) is 3.56. The topological polar surface area (TPSA) is 96.9 Å². The van der Waals surface area contributed by atoms with Crippen molar-refractivity contribution in [2.45, 2.75) is 24.9 Å². The Kier molecular flexibility index (Phi) is 5.86. The number of hydrogen-bond acceptors (Lipinski definition) is 5. The van der Waals surface area contributed by atoms with Crippen LogP contribution in [0.4, 0.5) is 18.0 Å². The first-order chi connectivity index (χ1) is 14.5. The van der Waals surface area contributed by atoms with Gasteiger partial charge in [-0.3, -0.25) is 4.79 Å². The number of amides is 2. The van der Waals surface area contributed by atoms with E-state index in [1.54, 1.807) is 19.1 Å². The van der Waals surface area contributed by atoms with Crippen LogP contribution in [-0.2, 0) is 0 Å². The molecule has 2 amide bonds. The molecule has 2 aromatic rings. The Morgan fingerprint density at radius 2 is 1.68 bits per heavy atom. The van der Waals surface area contributed by atoms with Crippen molar-refractivity contribution in [1.29, 1.82) is 0 Å². The van der Waals surface area contributed by atoms with E-state index in [2.05, 4.69) is 5.32 Å². The highest BCUT2D eigenvalue weighted by Gasteiger charge is 2.66. The zero-order valence-electron chi connectivity index (χ0n) is 16.9. The monoisotopic (exact) mass is 438 g/mol. The molecule has 31 heavy (non-hydrogen) atoms. The fraction of sp³-hybridized carbons (Fsp3) is 0.333. The van der Waals surface area contributed by atoms with Gasteiger partial charge in [0, 0.05) is 5.56 Å². The lowest BCUT2D eigenvalue weighted by Crippen LogP contribution is -2.72. The molecule has 1 saturated heterocycles. The molecular weight excluding hydrogens is 417 g/mol. The summed E-state index contributed by atoms with van der Waals surface area (Å²) in [6, 6.07) is 7.28. The molecule has 0 bridgehead atoms. The van der Waals surface area contributed by atoms with Crippen LogP contribution < -0.4 is 20.1 Å². The number of urea groups is 1. The SMILES string of the molecule is COc1ccc([C@@H]2NC(=O)N[C@@](O)(C(F)(F)F)[C@H]2C(=O)c2ccc(C)cc2)cc1OC. The standard InChI is InChI=1S/C21H21F3N2O5/c1-11-4-6-12(7-5-11)18(27)16-17(13-8-9-14(30-2)15(10-13)31-3)25-19(28)26-20(16,29)21(22,23)24/h4-10,16-17,29H,1-3H3,(H2,25,26,28)/t16-,17+,20+/m1/s1. The van der Waals surface area contributed by atoms with E-state index < -0.39 is 35.7 Å². The van der Waals surface area contributed by atoms with Crippen molar-refractivity contribution in [2.75, 3.05) is 14.2 Å². The van der Waals surface area contributed by atoms with Gasteiger partial charge in [-0.1, -0.05) is 35.9 Å². The smallest absolute Gasteiger partial charge is 0.437 e. The lowest BCUT2D eigenvalue weighted by Gasteiger charge is -2.45. The summed E-state index contributed by atoms with van der Waals surface area (Å²) in [5, 5.41) is 14.4. The van der Waals surface area contributed by atoms with Crippen LogP contribution in [0.5, 0.6) is 11.5 Å². The first-order valence-electron chi connectivity index (χ1n) is 9.22. The number of alkyl halides is 3. The molecule has 1 fully saturated rings. The van der Waals surface area contributed by atoms with Crippen LogP contribution in [0, 0.1) is 12.8 Å². The van der Waals surface area contributed by atoms with Crippen LogP contribution in [0.25, 0.3) is 0 Å². The molecule has 0 spiro atoms. The Balaban J connectivity index is 2.18. The summed E-state index contributed by atoms with van der Waals surface area (Å²) < 4.78 is 52.2. The number of carbonyl (C=O) groups is 2. The van der Waals surface area contributed by atoms with Gasteiger partial charge in [-0.15, -0.1) is 0 Å². The van der Waals surface area contributed by atoms with Gasteiger partial charge < -0.3 is 25.2 Å². The van der Waals surface area contributed by atoms with E-state index in [-0.39, 0.29) is 16.9 Å². The summed E-state index contributed by atoms with van der Waals surface area (Å²) in [6.45, 7) is 1.76. The number of Topliss-reactive ketones (excluding diaryl/α,β-unsaturated/α-hetero) is 1. The molecule has 3 rings (SSSR count). The third-order valence-corrected chi connectivity index (χ3v) is 5.19. The van der Waals surface area contributed by atoms with Crippen LogP contribution in [0.2, 0.25) is 0 Å². The quantitative estimate of drug-likeness (QED) is 0.624. The molecule has 0 saturated carbocycles. The first-order valence-corrected chi connectivity index (χ1v) is 9.22. The van der Waals surface area contributed by atoms with Crippen molar-refractivity contribution in [1.82, 2.24) is 10.6 Å². The fourth-order valence-corrected chi connectivity index (χ4v) is 3.56. The number of nitrogens with one attached hydrogen (secondary N) is 2. The average Bonchev–Trinajstić information content (AvgIpc) is 2.72. The number of ketones is 1. The Labute approximate surface area is 176 Å². The highest BCUT2D eigenvalue weighted by Crippen LogP contribution is 2.45. The number of halogens is 3. The van der Waals surface area contributed by atoms with Crippen molar-refractivity contribution >= 4 is 11.8 Å². The zero-order chi connectivity index (χ0) is 23.0. The molecule has 166 valence electrons. The summed E-state index contributed by atoms with van der Waals surface area (Å²) >= 11 is 0. The van der Waals surface area contributed by atoms with Crippen LogP contribution in [0.1, 0.15) is 27.5 Å². The molecule has 7 nitrogen and oxygen atoms in total. The molecule has 3 N–H and O–H groups in total. The second-order valence-corrected chi connectivity index (χ2v) is 7.16. The molecular formula is C21H21F3N2O5. The molecule has 0 unspecified atom stereocenters. The highest BCUT2D eigenvalue weighted by atomic mass is 19.4. The van der Waals surface area contributed by atoms with Crippen LogP contribution in [0.15, 0.2) is 42.5 Å². The maximum atomic E-state index is 14.0. The van der Waals surface area contributed by atoms with E-state index in [0.717, 1.165) is 5.56 Å². The number of aliphatic hydroxyl groups is 1. The van der Waals surface area contributed by atoms with E-state index in [1.807, 2.05) is 0 Å². The van der Waals surface area contributed by atoms with E-state index >= 15 is 0 Å². The van der Waals surface area contributed by atoms with Gasteiger partial charge >= 0.3 is 12.2 Å². The molecule has 0 aromatic heterocycles. The number of ether oxygens (including phenoxy) is 2. The number of rotatable bonds is 5. The molecule has 0 aliphatic carbocycles. The molecule has 1 heterocycles. The summed E-state index contributed by atoms with van der Waals surface area (Å²) in [6.07, 6.45) is -5.33. The van der Waals surface area contributed by atoms with Crippen molar-refractivity contribution in [2.24, 2.45) is 5.92 Å². The van der Waals surface area contributed by atoms with Gasteiger partial charge in [-0.2, -0.15) is 13.2 Å². The van der Waals surface area contributed by atoms with E-state index in [4.69, 9.17) is 9.47 Å². The third-order valence-electron chi connectivity index (χ3n) is 5.19. The number of hydrogen-bond donors (Lipinski definition) is 3. The van der Waals surface area contributed by atoms with Gasteiger partial charge in [-0.25, -0.2) is 4.79 Å². The molecule has 2 aromatic carbocycles. The predicted octanol–water partition coefficient (Wildman–Crippen LogP) is 3.12. The highest BCUT2D eigenvalue weighted by molar-refractivity contribution is 6.00. The number of methoxy groups -OCH3 is 2. The van der Waals surface area contributed by atoms with Crippen LogP contribution >= 0.6 is 0 Å². The van der Waals surface area contributed by atoms with Crippen molar-refractivity contribution in [3.05, 3.63) is 59.2 Å². The second kappa shape index (κ2) is 8.10. The van der Waals surface area contributed by atoms with Gasteiger partial charge in [0.15, 0.2) is 17.3 Å². The number of benzene rings is 2. The van der Waals surface area contributed by atoms with Crippen molar-refractivity contribution in [3.8, 4) is 11.5 Å². The summed E-state index contributed by atoms with van der Waals surface area (Å²) in [5.41, 5.74) is -2.91.